The Morgan fingerprint density at radius 3 is 2.71 bits per heavy atom. The van der Waals surface area contributed by atoms with Crippen molar-refractivity contribution in [3.05, 3.63) is 0 Å². The van der Waals surface area contributed by atoms with E-state index in [1.165, 1.54) is 0 Å². The topological polar surface area (TPSA) is 33.6 Å². The van der Waals surface area contributed by atoms with Gasteiger partial charge in [-0.05, 0) is 25.2 Å². The van der Waals surface area contributed by atoms with Crippen molar-refractivity contribution in [3.63, 3.8) is 0 Å². The summed E-state index contributed by atoms with van der Waals surface area (Å²) >= 11 is 7.11. The normalized spacial score (nSPS) is 18.0. The second-order valence-corrected chi connectivity index (χ2v) is 9.81. The van der Waals surface area contributed by atoms with Gasteiger partial charge in [0.2, 0.25) is 5.62 Å². The zero-order chi connectivity index (χ0) is 11.0. The molecule has 0 bridgehead atoms. The summed E-state index contributed by atoms with van der Waals surface area (Å²) in [6.07, 6.45) is 2.76. The van der Waals surface area contributed by atoms with Gasteiger partial charge in [-0.3, -0.25) is 4.99 Å². The average molecular weight is 254 g/mol. The van der Waals surface area contributed by atoms with Crippen molar-refractivity contribution in [2.45, 2.75) is 32.4 Å². The molecule has 2 unspecified atom stereocenters. The van der Waals surface area contributed by atoms with E-state index in [-0.39, 0.29) is 0 Å². The molecule has 0 aliphatic heterocycles. The Hall–Kier alpha value is 0.430. The number of aliphatic imine (C=N–C) groups is 1. The zero-order valence-electron chi connectivity index (χ0n) is 9.19. The van der Waals surface area contributed by atoms with E-state index in [1.54, 1.807) is 24.8 Å². The van der Waals surface area contributed by atoms with E-state index in [4.69, 9.17) is 16.3 Å². The van der Waals surface area contributed by atoms with Gasteiger partial charge in [0.05, 0.1) is 6.34 Å². The first-order valence-electron chi connectivity index (χ1n) is 4.68. The molecule has 0 saturated heterocycles. The van der Waals surface area contributed by atoms with Crippen LogP contribution in [0.4, 0.5) is 0 Å². The van der Waals surface area contributed by atoms with Gasteiger partial charge < -0.3 is 9.61 Å². The molecule has 0 rings (SSSR count). The van der Waals surface area contributed by atoms with E-state index in [0.717, 1.165) is 13.0 Å². The summed E-state index contributed by atoms with van der Waals surface area (Å²) in [6.45, 7) is 7.05. The van der Waals surface area contributed by atoms with Crippen LogP contribution in [0.25, 0.3) is 0 Å². The van der Waals surface area contributed by atoms with Crippen molar-refractivity contribution in [2.75, 3.05) is 13.7 Å². The maximum absolute atomic E-state index is 5.41. The van der Waals surface area contributed by atoms with Crippen LogP contribution in [-0.4, -0.2) is 25.2 Å². The molecule has 14 heavy (non-hydrogen) atoms. The summed E-state index contributed by atoms with van der Waals surface area (Å²) < 4.78 is 5.34. The van der Waals surface area contributed by atoms with Gasteiger partial charge in [-0.25, -0.2) is 0 Å². The molecule has 0 amide bonds. The first-order chi connectivity index (χ1) is 6.58. The number of nitrogens with zero attached hydrogens (tertiary/aromatic N) is 1. The summed E-state index contributed by atoms with van der Waals surface area (Å²) in [5.41, 5.74) is -1.95. The lowest BCUT2D eigenvalue weighted by Crippen LogP contribution is -2.09. The third-order valence-electron chi connectivity index (χ3n) is 1.62. The van der Waals surface area contributed by atoms with Crippen molar-refractivity contribution in [1.29, 1.82) is 0 Å². The van der Waals surface area contributed by atoms with Crippen molar-refractivity contribution >= 4 is 35.1 Å². The van der Waals surface area contributed by atoms with Crippen LogP contribution in [0.3, 0.4) is 0 Å². The molecule has 1 N–H and O–H groups in total. The Labute approximate surface area is 96.0 Å². The largest absolute Gasteiger partial charge is 0.330 e. The first kappa shape index (κ1) is 14.4. The Morgan fingerprint density at radius 1 is 1.64 bits per heavy atom. The van der Waals surface area contributed by atoms with Gasteiger partial charge in [0.1, 0.15) is 0 Å². The Morgan fingerprint density at radius 2 is 2.29 bits per heavy atom. The summed E-state index contributed by atoms with van der Waals surface area (Å²) in [7, 11) is 1.66. The van der Waals surface area contributed by atoms with Gasteiger partial charge >= 0.3 is 0 Å². The van der Waals surface area contributed by atoms with Crippen LogP contribution in [-0.2, 0) is 16.3 Å². The van der Waals surface area contributed by atoms with Crippen molar-refractivity contribution in [2.24, 2.45) is 4.99 Å². The van der Waals surface area contributed by atoms with Gasteiger partial charge in [0, 0.05) is 18.9 Å². The minimum atomic E-state index is -1.95. The van der Waals surface area contributed by atoms with Crippen molar-refractivity contribution in [1.82, 2.24) is 5.09 Å². The third kappa shape index (κ3) is 6.02. The SMILES string of the molecule is CCN=CNP(=S)(OC)SC(C)CC. The molecule has 0 radical (unpaired) electrons. The molecule has 84 valence electrons. The molecule has 0 fully saturated rings. The maximum atomic E-state index is 5.41. The maximum Gasteiger partial charge on any atom is 0.211 e. The van der Waals surface area contributed by atoms with Gasteiger partial charge in [-0.1, -0.05) is 25.2 Å². The molecule has 3 nitrogen and oxygen atoms in total. The second kappa shape index (κ2) is 7.69. The highest BCUT2D eigenvalue weighted by Crippen LogP contribution is 2.57. The molecule has 0 spiro atoms. The monoisotopic (exact) mass is 254 g/mol. The number of nitrogens with one attached hydrogen (secondary N) is 1. The fraction of sp³-hybridized carbons (Fsp3) is 0.875. The van der Waals surface area contributed by atoms with Gasteiger partial charge in [0.15, 0.2) is 0 Å². The van der Waals surface area contributed by atoms with Crippen molar-refractivity contribution in [3.8, 4) is 0 Å². The second-order valence-electron chi connectivity index (χ2n) is 2.76. The Balaban J connectivity index is 4.18. The lowest BCUT2D eigenvalue weighted by molar-refractivity contribution is 0.467. The van der Waals surface area contributed by atoms with Crippen LogP contribution in [0.15, 0.2) is 4.99 Å². The summed E-state index contributed by atoms with van der Waals surface area (Å²) in [4.78, 5) is 4.07. The Kier molecular flexibility index (Phi) is 7.92. The minimum absolute atomic E-state index is 0.517. The number of hydrogen-bond acceptors (Lipinski definition) is 4. The van der Waals surface area contributed by atoms with E-state index in [9.17, 15) is 0 Å². The molecule has 0 aliphatic rings. The standard InChI is InChI=1S/C8H19N2OPS2/c1-5-8(3)14-12(13,11-4)10-7-9-6-2/h7-8H,5-6H2,1-4H3,(H,9,10,13). The highest BCUT2D eigenvalue weighted by molar-refractivity contribution is 8.69. The molecule has 0 heterocycles. The fourth-order valence-electron chi connectivity index (χ4n) is 0.640. The van der Waals surface area contributed by atoms with E-state index in [0.29, 0.717) is 5.25 Å². The molecule has 0 aromatic heterocycles. The van der Waals surface area contributed by atoms with Crippen LogP contribution in [0, 0.1) is 0 Å². The van der Waals surface area contributed by atoms with Crippen LogP contribution in [0.1, 0.15) is 27.2 Å². The molecule has 0 aromatic rings. The third-order valence-corrected chi connectivity index (χ3v) is 7.72. The Bertz CT molecular complexity index is 223. The predicted octanol–water partition coefficient (Wildman–Crippen LogP) is 3.03. The molecular formula is C8H19N2OPS2. The quantitative estimate of drug-likeness (QED) is 0.430. The van der Waals surface area contributed by atoms with Crippen LogP contribution < -0.4 is 5.09 Å². The van der Waals surface area contributed by atoms with Crippen molar-refractivity contribution < 1.29 is 4.52 Å². The van der Waals surface area contributed by atoms with Crippen LogP contribution in [0.5, 0.6) is 0 Å². The summed E-state index contributed by atoms with van der Waals surface area (Å²) in [5, 5.41) is 3.60. The van der Waals surface area contributed by atoms with E-state index >= 15 is 0 Å². The van der Waals surface area contributed by atoms with Crippen LogP contribution in [0.2, 0.25) is 0 Å². The zero-order valence-corrected chi connectivity index (χ0v) is 11.7. The molecular weight excluding hydrogens is 235 g/mol. The van der Waals surface area contributed by atoms with Gasteiger partial charge in [0.25, 0.3) is 0 Å². The lowest BCUT2D eigenvalue weighted by Gasteiger charge is -2.21. The summed E-state index contributed by atoms with van der Waals surface area (Å²) in [5.74, 6) is 0. The minimum Gasteiger partial charge on any atom is -0.330 e. The van der Waals surface area contributed by atoms with E-state index < -0.39 is 5.62 Å². The molecule has 0 saturated carbocycles. The average Bonchev–Trinajstić information content (AvgIpc) is 2.18. The number of hydrogen-bond donors (Lipinski definition) is 1. The first-order valence-corrected chi connectivity index (χ1v) is 8.88. The van der Waals surface area contributed by atoms with Gasteiger partial charge in [-0.15, -0.1) is 0 Å². The molecule has 2 atom stereocenters. The predicted molar refractivity (Wildman–Crippen MR) is 70.8 cm³/mol. The smallest absolute Gasteiger partial charge is 0.211 e. The van der Waals surface area contributed by atoms with Crippen LogP contribution >= 0.6 is 17.0 Å². The molecule has 6 heteroatoms. The summed E-state index contributed by atoms with van der Waals surface area (Å²) in [6, 6.07) is 0. The van der Waals surface area contributed by atoms with E-state index in [2.05, 4.69) is 23.9 Å². The highest BCUT2D eigenvalue weighted by atomic mass is 32.9. The molecule has 0 aliphatic carbocycles. The molecule has 0 aromatic carbocycles. The van der Waals surface area contributed by atoms with E-state index in [1.807, 2.05) is 6.92 Å². The number of rotatable bonds is 7. The lowest BCUT2D eigenvalue weighted by atomic mass is 10.4. The fourth-order valence-corrected chi connectivity index (χ4v) is 5.65. The highest BCUT2D eigenvalue weighted by Gasteiger charge is 2.18. The van der Waals surface area contributed by atoms with Gasteiger partial charge in [-0.2, -0.15) is 0 Å².